The Bertz CT molecular complexity index is 1250. The molecule has 1 aromatic carbocycles. The Balaban J connectivity index is 1.46. The molecule has 1 aliphatic carbocycles. The van der Waals surface area contributed by atoms with Gasteiger partial charge in [-0.2, -0.15) is 0 Å². The van der Waals surface area contributed by atoms with Crippen LogP contribution in [0.1, 0.15) is 54.7 Å². The minimum Gasteiger partial charge on any atom is -0.358 e. The predicted molar refractivity (Wildman–Crippen MR) is 128 cm³/mol. The van der Waals surface area contributed by atoms with Gasteiger partial charge in [0.25, 0.3) is 0 Å². The number of aryl methyl sites for hydroxylation is 1. The van der Waals surface area contributed by atoms with Crippen molar-refractivity contribution >= 4 is 28.4 Å². The zero-order valence-corrected chi connectivity index (χ0v) is 19.2. The first-order chi connectivity index (χ1) is 15.6. The van der Waals surface area contributed by atoms with Gasteiger partial charge in [-0.25, -0.2) is 0 Å². The van der Waals surface area contributed by atoms with Crippen molar-refractivity contribution in [1.29, 1.82) is 0 Å². The van der Waals surface area contributed by atoms with Crippen LogP contribution >= 0.6 is 11.8 Å². The highest BCUT2D eigenvalue weighted by Crippen LogP contribution is 2.39. The van der Waals surface area contributed by atoms with E-state index in [9.17, 15) is 4.79 Å². The fraction of sp³-hybridized carbons (Fsp3) is 0.360. The van der Waals surface area contributed by atoms with Gasteiger partial charge in [-0.3, -0.25) is 14.3 Å². The van der Waals surface area contributed by atoms with Crippen molar-refractivity contribution in [1.82, 2.24) is 24.7 Å². The summed E-state index contributed by atoms with van der Waals surface area (Å²) in [4.78, 5) is 20.8. The van der Waals surface area contributed by atoms with Crippen molar-refractivity contribution in [3.63, 3.8) is 0 Å². The van der Waals surface area contributed by atoms with Gasteiger partial charge in [-0.15, -0.1) is 10.2 Å². The number of ketones is 1. The van der Waals surface area contributed by atoms with E-state index in [0.717, 1.165) is 45.1 Å². The molecule has 0 amide bonds. The van der Waals surface area contributed by atoms with E-state index in [1.165, 1.54) is 31.0 Å². The third-order valence-electron chi connectivity index (χ3n) is 6.49. The molecule has 1 aliphatic rings. The van der Waals surface area contributed by atoms with Gasteiger partial charge < -0.3 is 4.98 Å². The number of H-pyrrole nitrogens is 1. The lowest BCUT2D eigenvalue weighted by Gasteiger charge is -2.31. The van der Waals surface area contributed by atoms with Crippen LogP contribution < -0.4 is 0 Å². The molecule has 0 radical (unpaired) electrons. The van der Waals surface area contributed by atoms with Crippen LogP contribution in [0.5, 0.6) is 0 Å². The van der Waals surface area contributed by atoms with E-state index in [0.29, 0.717) is 17.7 Å². The average molecular weight is 446 g/mol. The Morgan fingerprint density at radius 1 is 1.16 bits per heavy atom. The van der Waals surface area contributed by atoms with Crippen LogP contribution in [0.3, 0.4) is 0 Å². The van der Waals surface area contributed by atoms with E-state index < -0.39 is 0 Å². The summed E-state index contributed by atoms with van der Waals surface area (Å²) in [7, 11) is 0. The van der Waals surface area contributed by atoms with Crippen molar-refractivity contribution in [2.24, 2.45) is 5.92 Å². The van der Waals surface area contributed by atoms with Crippen molar-refractivity contribution in [3.8, 4) is 11.4 Å². The molecule has 1 fully saturated rings. The van der Waals surface area contributed by atoms with E-state index in [4.69, 9.17) is 0 Å². The maximum Gasteiger partial charge on any atom is 0.192 e. The van der Waals surface area contributed by atoms with Crippen LogP contribution in [-0.4, -0.2) is 36.3 Å². The van der Waals surface area contributed by atoms with E-state index in [1.54, 1.807) is 6.20 Å². The maximum atomic E-state index is 13.2. The quantitative estimate of drug-likeness (QED) is 0.297. The summed E-state index contributed by atoms with van der Waals surface area (Å²) in [6.07, 6.45) is 8.39. The molecule has 0 aliphatic heterocycles. The second kappa shape index (κ2) is 8.90. The van der Waals surface area contributed by atoms with Crippen molar-refractivity contribution in [2.75, 3.05) is 5.75 Å². The van der Waals surface area contributed by atoms with Crippen molar-refractivity contribution in [2.45, 2.75) is 50.7 Å². The highest BCUT2D eigenvalue weighted by Gasteiger charge is 2.29. The number of aromatic nitrogens is 5. The fourth-order valence-corrected chi connectivity index (χ4v) is 5.75. The summed E-state index contributed by atoms with van der Waals surface area (Å²) in [5.74, 6) is 1.82. The number of pyridine rings is 1. The van der Waals surface area contributed by atoms with E-state index >= 15 is 0 Å². The molecule has 3 heterocycles. The summed E-state index contributed by atoms with van der Waals surface area (Å²) >= 11 is 1.49. The molecule has 0 spiro atoms. The minimum absolute atomic E-state index is 0.110. The Kier molecular flexibility index (Phi) is 5.83. The Labute approximate surface area is 191 Å². The summed E-state index contributed by atoms with van der Waals surface area (Å²) in [5.41, 5.74) is 3.65. The first-order valence-corrected chi connectivity index (χ1v) is 12.2. The van der Waals surface area contributed by atoms with Crippen molar-refractivity contribution in [3.05, 3.63) is 60.0 Å². The molecule has 1 saturated carbocycles. The number of benzene rings is 1. The van der Waals surface area contributed by atoms with Crippen LogP contribution in [0, 0.1) is 12.8 Å². The average Bonchev–Trinajstić information content (AvgIpc) is 3.38. The maximum absolute atomic E-state index is 13.2. The number of rotatable bonds is 6. The summed E-state index contributed by atoms with van der Waals surface area (Å²) < 4.78 is 2.26. The Morgan fingerprint density at radius 2 is 2.00 bits per heavy atom. The zero-order chi connectivity index (χ0) is 22.1. The summed E-state index contributed by atoms with van der Waals surface area (Å²) in [6, 6.07) is 12.2. The molecule has 7 heteroatoms. The number of nitrogens with one attached hydrogen (secondary N) is 1. The number of aromatic amines is 1. The normalized spacial score (nSPS) is 18.8. The van der Waals surface area contributed by atoms with Gasteiger partial charge in [0.05, 0.1) is 5.75 Å². The minimum atomic E-state index is 0.110. The summed E-state index contributed by atoms with van der Waals surface area (Å²) in [6.45, 7) is 4.27. The second-order valence-corrected chi connectivity index (χ2v) is 9.57. The number of carbonyl (C=O) groups is 1. The highest BCUT2D eigenvalue weighted by atomic mass is 32.2. The molecule has 0 bridgehead atoms. The lowest BCUT2D eigenvalue weighted by molar-refractivity contribution is 0.102. The Hall–Kier alpha value is -2.93. The largest absolute Gasteiger partial charge is 0.358 e. The topological polar surface area (TPSA) is 76.5 Å². The lowest BCUT2D eigenvalue weighted by atomic mass is 9.85. The molecule has 5 rings (SSSR count). The second-order valence-electron chi connectivity index (χ2n) is 8.63. The van der Waals surface area contributed by atoms with Crippen LogP contribution in [0.4, 0.5) is 0 Å². The van der Waals surface area contributed by atoms with E-state index in [1.807, 2.05) is 49.5 Å². The van der Waals surface area contributed by atoms with E-state index in [2.05, 4.69) is 31.7 Å². The number of nitrogens with zero attached hydrogens (tertiary/aromatic N) is 4. The number of para-hydroxylation sites is 1. The van der Waals surface area contributed by atoms with Crippen LogP contribution in [0.25, 0.3) is 22.3 Å². The number of carbonyl (C=O) groups excluding carboxylic acids is 1. The predicted octanol–water partition coefficient (Wildman–Crippen LogP) is 5.86. The van der Waals surface area contributed by atoms with Gasteiger partial charge >= 0.3 is 0 Å². The Morgan fingerprint density at radius 3 is 2.81 bits per heavy atom. The number of hydrogen-bond donors (Lipinski definition) is 1. The molecule has 164 valence electrons. The van der Waals surface area contributed by atoms with Gasteiger partial charge in [0.15, 0.2) is 16.8 Å². The molecular formula is C25H27N5OS. The number of Topliss-reactive ketones (excluding diaryl/α,β-unsaturated/α-hetero) is 1. The molecular weight excluding hydrogens is 418 g/mol. The molecule has 32 heavy (non-hydrogen) atoms. The van der Waals surface area contributed by atoms with E-state index in [-0.39, 0.29) is 5.78 Å². The summed E-state index contributed by atoms with van der Waals surface area (Å²) in [5, 5.41) is 10.9. The molecule has 6 nitrogen and oxygen atoms in total. The van der Waals surface area contributed by atoms with Gasteiger partial charge in [0.1, 0.15) is 0 Å². The third kappa shape index (κ3) is 3.86. The SMILES string of the molecule is Cc1[nH]c2ccccc2c1C(=O)CSc1nnc(-c2cccnc2)n1C1CCCCC1C. The molecule has 4 aromatic rings. The number of fused-ring (bicyclic) bond motifs is 1. The smallest absolute Gasteiger partial charge is 0.192 e. The highest BCUT2D eigenvalue weighted by molar-refractivity contribution is 7.99. The third-order valence-corrected chi connectivity index (χ3v) is 7.43. The lowest BCUT2D eigenvalue weighted by Crippen LogP contribution is -2.22. The van der Waals surface area contributed by atoms with Crippen LogP contribution in [0.15, 0.2) is 53.9 Å². The zero-order valence-electron chi connectivity index (χ0n) is 18.4. The fourth-order valence-electron chi connectivity index (χ4n) is 4.88. The molecule has 0 saturated heterocycles. The first kappa shape index (κ1) is 20.9. The number of thioether (sulfide) groups is 1. The van der Waals surface area contributed by atoms with Gasteiger partial charge in [-0.1, -0.05) is 49.7 Å². The van der Waals surface area contributed by atoms with Gasteiger partial charge in [0, 0.05) is 46.2 Å². The van der Waals surface area contributed by atoms with Crippen LogP contribution in [-0.2, 0) is 0 Å². The molecule has 2 unspecified atom stereocenters. The standard InChI is InChI=1S/C25H27N5OS/c1-16-8-3-6-12-21(16)30-24(18-9-7-13-26-14-18)28-29-25(30)32-15-22(31)23-17(2)27-20-11-5-4-10-19(20)23/h4-5,7,9-11,13-14,16,21,27H,3,6,8,12,15H2,1-2H3. The molecule has 3 aromatic heterocycles. The van der Waals surface area contributed by atoms with Gasteiger partial charge in [0.2, 0.25) is 0 Å². The van der Waals surface area contributed by atoms with Crippen LogP contribution in [0.2, 0.25) is 0 Å². The first-order valence-electron chi connectivity index (χ1n) is 11.2. The molecule has 2 atom stereocenters. The van der Waals surface area contributed by atoms with Crippen molar-refractivity contribution < 1.29 is 4.79 Å². The molecule has 1 N–H and O–H groups in total. The van der Waals surface area contributed by atoms with Gasteiger partial charge in [-0.05, 0) is 43.9 Å². The monoisotopic (exact) mass is 445 g/mol. The number of hydrogen-bond acceptors (Lipinski definition) is 5.